The third-order valence-electron chi connectivity index (χ3n) is 8.03. The number of sulfone groups is 1. The van der Waals surface area contributed by atoms with Gasteiger partial charge in [0.25, 0.3) is 0 Å². The van der Waals surface area contributed by atoms with Crippen LogP contribution in [-0.2, 0) is 30.6 Å². The van der Waals surface area contributed by atoms with E-state index in [-0.39, 0.29) is 37.6 Å². The van der Waals surface area contributed by atoms with Crippen LogP contribution in [0.4, 0.5) is 4.79 Å². The van der Waals surface area contributed by atoms with Crippen molar-refractivity contribution in [2.45, 2.75) is 95.8 Å². The van der Waals surface area contributed by atoms with Gasteiger partial charge in [0, 0.05) is 6.54 Å². The molecule has 1 aliphatic carbocycles. The second kappa shape index (κ2) is 11.4. The van der Waals surface area contributed by atoms with E-state index in [2.05, 4.69) is 10.6 Å². The first-order valence-corrected chi connectivity index (χ1v) is 15.6. The van der Waals surface area contributed by atoms with Gasteiger partial charge in [-0.05, 0) is 62.0 Å². The second-order valence-corrected chi connectivity index (χ2v) is 14.6. The van der Waals surface area contributed by atoms with Crippen molar-refractivity contribution in [1.29, 1.82) is 0 Å². The van der Waals surface area contributed by atoms with Crippen LogP contribution in [0, 0.1) is 5.41 Å². The number of carbonyl (C=O) groups is 4. The monoisotopic (exact) mass is 576 g/mol. The van der Waals surface area contributed by atoms with Crippen LogP contribution >= 0.6 is 0 Å². The lowest BCUT2D eigenvalue weighted by Crippen LogP contribution is -2.58. The fourth-order valence-electron chi connectivity index (χ4n) is 6.03. The zero-order valence-electron chi connectivity index (χ0n) is 23.6. The predicted octanol–water partition coefficient (Wildman–Crippen LogP) is 2.22. The Morgan fingerprint density at radius 2 is 1.77 bits per heavy atom. The Labute approximate surface area is 235 Å². The van der Waals surface area contributed by atoms with Crippen molar-refractivity contribution in [2.75, 3.05) is 12.3 Å². The summed E-state index contributed by atoms with van der Waals surface area (Å²) in [5, 5.41) is 14.2. The highest BCUT2D eigenvalue weighted by atomic mass is 32.2. The zero-order chi connectivity index (χ0) is 29.4. The van der Waals surface area contributed by atoms with E-state index in [1.807, 2.05) is 45.0 Å². The molecule has 0 radical (unpaired) electrons. The van der Waals surface area contributed by atoms with Gasteiger partial charge < -0.3 is 20.6 Å². The molecule has 0 saturated carbocycles. The Morgan fingerprint density at radius 3 is 2.45 bits per heavy atom. The number of hydrogen-bond donors (Lipinski definition) is 3. The largest absolute Gasteiger partial charge is 0.465 e. The van der Waals surface area contributed by atoms with Crippen LogP contribution in [0.2, 0.25) is 0 Å². The number of carboxylic acid groups (broad SMARTS) is 1. The molecule has 2 saturated heterocycles. The molecule has 0 aromatic heterocycles. The minimum atomic E-state index is -3.75. The Bertz CT molecular complexity index is 1280. The van der Waals surface area contributed by atoms with Crippen molar-refractivity contribution >= 4 is 33.7 Å². The van der Waals surface area contributed by atoms with Crippen molar-refractivity contribution in [3.05, 3.63) is 35.4 Å². The molecule has 4 amide bonds. The van der Waals surface area contributed by atoms with Gasteiger partial charge in [0.2, 0.25) is 17.7 Å². The molecule has 2 heterocycles. The number of carbonyl (C=O) groups excluding carboxylic acids is 3. The molecule has 4 rings (SSSR count). The number of benzene rings is 1. The van der Waals surface area contributed by atoms with Crippen molar-refractivity contribution in [1.82, 2.24) is 20.4 Å². The number of amides is 4. The molecule has 220 valence electrons. The lowest BCUT2D eigenvalue weighted by atomic mass is 9.87. The maximum absolute atomic E-state index is 13.7. The minimum absolute atomic E-state index is 0.0879. The first-order valence-electron chi connectivity index (χ1n) is 13.9. The summed E-state index contributed by atoms with van der Waals surface area (Å²) >= 11 is 0. The number of aryl methyl sites for hydroxylation is 1. The lowest BCUT2D eigenvalue weighted by molar-refractivity contribution is -0.142. The van der Waals surface area contributed by atoms with Gasteiger partial charge in [-0.1, -0.05) is 45.0 Å². The van der Waals surface area contributed by atoms with Crippen molar-refractivity contribution in [3.8, 4) is 0 Å². The summed E-state index contributed by atoms with van der Waals surface area (Å²) in [6, 6.07) is 4.38. The molecular formula is C28H40N4O7S. The number of nitrogens with zero attached hydrogens (tertiary/aromatic N) is 2. The van der Waals surface area contributed by atoms with E-state index >= 15 is 0 Å². The number of rotatable bonds is 6. The molecule has 5 atom stereocenters. The quantitative estimate of drug-likeness (QED) is 0.469. The van der Waals surface area contributed by atoms with Crippen molar-refractivity contribution < 1.29 is 32.7 Å². The van der Waals surface area contributed by atoms with Crippen LogP contribution in [0.25, 0.3) is 0 Å². The SMILES string of the molecule is C[C@@H](C(=O)N[C@H]1CCS(=O)(=O)[C@H]2CC[C@@H](C(=O)N[C@@H]3CCCc4ccccc43)N2C1=O)N(CC(C)(C)C)C(=O)O. The first-order chi connectivity index (χ1) is 18.7. The van der Waals surface area contributed by atoms with Crippen LogP contribution < -0.4 is 10.6 Å². The Morgan fingerprint density at radius 1 is 1.07 bits per heavy atom. The number of nitrogens with one attached hydrogen (secondary N) is 2. The molecule has 11 nitrogen and oxygen atoms in total. The Balaban J connectivity index is 1.53. The van der Waals surface area contributed by atoms with Crippen molar-refractivity contribution in [3.63, 3.8) is 0 Å². The fourth-order valence-corrected chi connectivity index (χ4v) is 7.96. The van der Waals surface area contributed by atoms with Gasteiger partial charge in [-0.25, -0.2) is 13.2 Å². The molecule has 1 aromatic rings. The van der Waals surface area contributed by atoms with Crippen LogP contribution in [0.15, 0.2) is 24.3 Å². The van der Waals surface area contributed by atoms with Crippen LogP contribution in [0.3, 0.4) is 0 Å². The zero-order valence-corrected chi connectivity index (χ0v) is 24.4. The second-order valence-electron chi connectivity index (χ2n) is 12.3. The molecule has 0 spiro atoms. The van der Waals surface area contributed by atoms with Gasteiger partial charge in [0.1, 0.15) is 23.5 Å². The van der Waals surface area contributed by atoms with E-state index in [1.165, 1.54) is 6.92 Å². The minimum Gasteiger partial charge on any atom is -0.465 e. The summed E-state index contributed by atoms with van der Waals surface area (Å²) in [5.41, 5.74) is 1.78. The molecule has 2 aliphatic heterocycles. The van der Waals surface area contributed by atoms with Gasteiger partial charge in [-0.15, -0.1) is 0 Å². The maximum Gasteiger partial charge on any atom is 0.407 e. The van der Waals surface area contributed by atoms with E-state index in [0.29, 0.717) is 0 Å². The summed E-state index contributed by atoms with van der Waals surface area (Å²) in [7, 11) is -3.75. The van der Waals surface area contributed by atoms with Gasteiger partial charge >= 0.3 is 6.09 Å². The smallest absolute Gasteiger partial charge is 0.407 e. The highest BCUT2D eigenvalue weighted by Gasteiger charge is 2.51. The summed E-state index contributed by atoms with van der Waals surface area (Å²) in [6.45, 7) is 7.06. The highest BCUT2D eigenvalue weighted by Crippen LogP contribution is 2.34. The molecule has 3 aliphatic rings. The van der Waals surface area contributed by atoms with Crippen molar-refractivity contribution in [2.24, 2.45) is 5.41 Å². The van der Waals surface area contributed by atoms with E-state index < -0.39 is 62.6 Å². The lowest BCUT2D eigenvalue weighted by Gasteiger charge is -2.34. The van der Waals surface area contributed by atoms with E-state index in [1.54, 1.807) is 0 Å². The molecule has 3 N–H and O–H groups in total. The Hall–Kier alpha value is -3.15. The first kappa shape index (κ1) is 29.8. The summed E-state index contributed by atoms with van der Waals surface area (Å²) in [6.07, 6.45) is 1.49. The summed E-state index contributed by atoms with van der Waals surface area (Å²) < 4.78 is 26.3. The van der Waals surface area contributed by atoms with E-state index in [0.717, 1.165) is 40.2 Å². The molecule has 2 fully saturated rings. The summed E-state index contributed by atoms with van der Waals surface area (Å²) in [5.74, 6) is -2.06. The predicted molar refractivity (Wildman–Crippen MR) is 148 cm³/mol. The third kappa shape index (κ3) is 6.26. The average molecular weight is 577 g/mol. The van der Waals surface area contributed by atoms with Crippen LogP contribution in [0.1, 0.15) is 77.0 Å². The molecule has 0 bridgehead atoms. The maximum atomic E-state index is 13.7. The Kier molecular flexibility index (Phi) is 8.49. The highest BCUT2D eigenvalue weighted by molar-refractivity contribution is 7.92. The van der Waals surface area contributed by atoms with Gasteiger partial charge in [-0.3, -0.25) is 19.3 Å². The molecular weight excluding hydrogens is 536 g/mol. The molecule has 12 heteroatoms. The normalized spacial score (nSPS) is 26.6. The molecule has 0 unspecified atom stereocenters. The average Bonchev–Trinajstić information content (AvgIpc) is 3.31. The van der Waals surface area contributed by atoms with Crippen LogP contribution in [-0.4, -0.2) is 82.9 Å². The van der Waals surface area contributed by atoms with Crippen LogP contribution in [0.5, 0.6) is 0 Å². The third-order valence-corrected chi connectivity index (χ3v) is 10.1. The molecule has 40 heavy (non-hydrogen) atoms. The van der Waals surface area contributed by atoms with Gasteiger partial charge in [-0.2, -0.15) is 0 Å². The standard InChI is InChI=1S/C28H40N4O7S/c1-17(31(27(36)37)16-28(2,3)4)24(33)30-21-14-15-40(38,39)23-13-12-22(32(23)26(21)35)25(34)29-20-11-7-9-18-8-5-6-10-19(18)20/h5-6,8,10,17,20-23H,7,9,11-16H2,1-4H3,(H,29,34)(H,30,33)(H,36,37)/t17-,20+,21-,22-,23-/m0/s1. The van der Waals surface area contributed by atoms with E-state index in [4.69, 9.17) is 0 Å². The number of fused-ring (bicyclic) bond motifs is 2. The number of hydrogen-bond acceptors (Lipinski definition) is 6. The topological polar surface area (TPSA) is 153 Å². The van der Waals surface area contributed by atoms with Gasteiger partial charge in [0.05, 0.1) is 11.8 Å². The molecule has 1 aromatic carbocycles. The van der Waals surface area contributed by atoms with E-state index in [9.17, 15) is 32.7 Å². The summed E-state index contributed by atoms with van der Waals surface area (Å²) in [4.78, 5) is 54.4. The van der Waals surface area contributed by atoms with Gasteiger partial charge in [0.15, 0.2) is 9.84 Å². The fraction of sp³-hybridized carbons (Fsp3) is 0.643.